The number of ether oxygens (including phenoxy) is 1. The normalized spacial score (nSPS) is 16.0. The summed E-state index contributed by atoms with van der Waals surface area (Å²) in [5.74, 6) is -0.489. The van der Waals surface area contributed by atoms with Crippen molar-refractivity contribution in [1.29, 1.82) is 0 Å². The lowest BCUT2D eigenvalue weighted by Gasteiger charge is -2.24. The molecule has 5 nitrogen and oxygen atoms in total. The number of halogens is 3. The van der Waals surface area contributed by atoms with Crippen molar-refractivity contribution >= 4 is 22.5 Å². The van der Waals surface area contributed by atoms with Crippen molar-refractivity contribution in [3.8, 4) is 28.0 Å². The Morgan fingerprint density at radius 3 is 2.29 bits per heavy atom. The van der Waals surface area contributed by atoms with Crippen molar-refractivity contribution < 1.29 is 13.5 Å². The smallest absolute Gasteiger partial charge is 0.212 e. The zero-order chi connectivity index (χ0) is 23.5. The minimum Gasteiger partial charge on any atom is -0.492 e. The maximum atomic E-state index is 13.5. The Morgan fingerprint density at radius 2 is 1.65 bits per heavy atom. The van der Waals surface area contributed by atoms with Gasteiger partial charge < -0.3 is 10.1 Å². The number of nitrogens with one attached hydrogen (secondary N) is 1. The SMILES string of the molecule is Fc1ccc(-c2cc3c(OCC[C@H]4CCCCN4)c(-c4ccc(F)nc4)cnc3cc2Cl)cn1. The summed E-state index contributed by atoms with van der Waals surface area (Å²) in [5, 5.41) is 4.76. The van der Waals surface area contributed by atoms with E-state index < -0.39 is 11.9 Å². The third kappa shape index (κ3) is 4.86. The molecule has 1 atom stereocenters. The molecular weight excluding hydrogens is 458 g/mol. The summed E-state index contributed by atoms with van der Waals surface area (Å²) in [7, 11) is 0. The topological polar surface area (TPSA) is 59.9 Å². The fourth-order valence-electron chi connectivity index (χ4n) is 4.32. The van der Waals surface area contributed by atoms with E-state index in [1.807, 2.05) is 6.07 Å². The van der Waals surface area contributed by atoms with Crippen LogP contribution in [-0.4, -0.2) is 34.1 Å². The Balaban J connectivity index is 1.58. The highest BCUT2D eigenvalue weighted by atomic mass is 35.5. The van der Waals surface area contributed by atoms with Crippen LogP contribution < -0.4 is 10.1 Å². The molecule has 0 radical (unpaired) electrons. The summed E-state index contributed by atoms with van der Waals surface area (Å²) in [6.45, 7) is 1.54. The molecule has 1 aromatic carbocycles. The second-order valence-corrected chi connectivity index (χ2v) is 8.78. The van der Waals surface area contributed by atoms with Gasteiger partial charge in [0.25, 0.3) is 0 Å². The quantitative estimate of drug-likeness (QED) is 0.333. The average Bonchev–Trinajstić information content (AvgIpc) is 2.86. The van der Waals surface area contributed by atoms with Crippen molar-refractivity contribution in [1.82, 2.24) is 20.3 Å². The lowest BCUT2D eigenvalue weighted by atomic mass is 10.0. The molecule has 1 N–H and O–H groups in total. The van der Waals surface area contributed by atoms with Crippen molar-refractivity contribution in [3.63, 3.8) is 0 Å². The molecule has 34 heavy (non-hydrogen) atoms. The molecule has 3 aromatic heterocycles. The van der Waals surface area contributed by atoms with Crippen molar-refractivity contribution in [2.75, 3.05) is 13.2 Å². The standard InChI is InChI=1S/C26H23ClF2N4O/c27-22-12-23-20(11-19(22)16-4-6-24(28)32-13-16)26(34-10-8-18-3-1-2-9-30-18)21(15-31-23)17-5-7-25(29)33-14-17/h4-7,11-15,18,30H,1-3,8-10H2/t18-/m1/s1. The Kier molecular flexibility index (Phi) is 6.65. The molecule has 1 fully saturated rings. The fraction of sp³-hybridized carbons (Fsp3) is 0.269. The van der Waals surface area contributed by atoms with Crippen LogP contribution in [0.15, 0.2) is 55.0 Å². The Bertz CT molecular complexity index is 1290. The lowest BCUT2D eigenvalue weighted by molar-refractivity contribution is 0.271. The van der Waals surface area contributed by atoms with Crippen LogP contribution >= 0.6 is 11.6 Å². The van der Waals surface area contributed by atoms with Crippen molar-refractivity contribution in [2.24, 2.45) is 0 Å². The Hall–Kier alpha value is -3.16. The number of hydrogen-bond donors (Lipinski definition) is 1. The number of hydrogen-bond acceptors (Lipinski definition) is 5. The van der Waals surface area contributed by atoms with E-state index in [1.165, 1.54) is 37.4 Å². The lowest BCUT2D eigenvalue weighted by Crippen LogP contribution is -2.35. The zero-order valence-electron chi connectivity index (χ0n) is 18.4. The second-order valence-electron chi connectivity index (χ2n) is 8.37. The number of rotatable bonds is 6. The summed E-state index contributed by atoms with van der Waals surface area (Å²) >= 11 is 6.55. The third-order valence-electron chi connectivity index (χ3n) is 6.11. The van der Waals surface area contributed by atoms with Gasteiger partial charge in [0.2, 0.25) is 11.9 Å². The second kappa shape index (κ2) is 9.99. The molecule has 4 aromatic rings. The predicted molar refractivity (Wildman–Crippen MR) is 129 cm³/mol. The largest absolute Gasteiger partial charge is 0.492 e. The summed E-state index contributed by atoms with van der Waals surface area (Å²) < 4.78 is 33.2. The van der Waals surface area contributed by atoms with E-state index in [-0.39, 0.29) is 0 Å². The van der Waals surface area contributed by atoms with Gasteiger partial charge in [-0.1, -0.05) is 18.0 Å². The van der Waals surface area contributed by atoms with Gasteiger partial charge in [-0.3, -0.25) is 4.98 Å². The van der Waals surface area contributed by atoms with Gasteiger partial charge >= 0.3 is 0 Å². The monoisotopic (exact) mass is 480 g/mol. The predicted octanol–water partition coefficient (Wildman–Crippen LogP) is 6.20. The Labute approximate surface area is 201 Å². The third-order valence-corrected chi connectivity index (χ3v) is 6.42. The average molecular weight is 481 g/mol. The highest BCUT2D eigenvalue weighted by Gasteiger charge is 2.18. The number of benzene rings is 1. The zero-order valence-corrected chi connectivity index (χ0v) is 19.2. The molecule has 1 saturated heterocycles. The maximum absolute atomic E-state index is 13.5. The number of fused-ring (bicyclic) bond motifs is 1. The summed E-state index contributed by atoms with van der Waals surface area (Å²) in [6.07, 6.45) is 9.03. The van der Waals surface area contributed by atoms with Gasteiger partial charge in [0, 0.05) is 52.3 Å². The first-order chi connectivity index (χ1) is 16.6. The van der Waals surface area contributed by atoms with Gasteiger partial charge in [-0.05, 0) is 62.2 Å². The molecule has 0 bridgehead atoms. The number of aromatic nitrogens is 3. The molecule has 0 aliphatic carbocycles. The van der Waals surface area contributed by atoms with Crippen LogP contribution in [0.25, 0.3) is 33.2 Å². The molecule has 0 unspecified atom stereocenters. The van der Waals surface area contributed by atoms with E-state index in [4.69, 9.17) is 16.3 Å². The van der Waals surface area contributed by atoms with Gasteiger partial charge in [0.05, 0.1) is 17.1 Å². The van der Waals surface area contributed by atoms with E-state index in [0.717, 1.165) is 24.8 Å². The minimum atomic E-state index is -0.561. The highest BCUT2D eigenvalue weighted by Crippen LogP contribution is 2.40. The number of pyridine rings is 3. The van der Waals surface area contributed by atoms with Gasteiger partial charge in [-0.25, -0.2) is 9.97 Å². The fourth-order valence-corrected chi connectivity index (χ4v) is 4.58. The van der Waals surface area contributed by atoms with Gasteiger partial charge in [0.15, 0.2) is 0 Å². The van der Waals surface area contributed by atoms with Crippen LogP contribution in [0.5, 0.6) is 5.75 Å². The summed E-state index contributed by atoms with van der Waals surface area (Å²) in [6, 6.07) is 9.96. The van der Waals surface area contributed by atoms with Crippen molar-refractivity contribution in [2.45, 2.75) is 31.7 Å². The minimum absolute atomic E-state index is 0.424. The summed E-state index contributed by atoms with van der Waals surface area (Å²) in [4.78, 5) is 12.1. The highest BCUT2D eigenvalue weighted by molar-refractivity contribution is 6.34. The molecule has 174 valence electrons. The van der Waals surface area contributed by atoms with Crippen LogP contribution in [0, 0.1) is 11.9 Å². The first-order valence-electron chi connectivity index (χ1n) is 11.3. The van der Waals surface area contributed by atoms with Crippen LogP contribution in [0.3, 0.4) is 0 Å². The first kappa shape index (κ1) is 22.6. The van der Waals surface area contributed by atoms with E-state index in [0.29, 0.717) is 51.2 Å². The first-order valence-corrected chi connectivity index (χ1v) is 11.7. The number of nitrogens with zero attached hydrogens (tertiary/aromatic N) is 3. The Morgan fingerprint density at radius 1 is 0.912 bits per heavy atom. The molecule has 8 heteroatoms. The molecule has 0 saturated carbocycles. The van der Waals surface area contributed by atoms with Crippen molar-refractivity contribution in [3.05, 3.63) is 71.9 Å². The van der Waals surface area contributed by atoms with E-state index >= 15 is 0 Å². The van der Waals surface area contributed by atoms with Gasteiger partial charge in [0.1, 0.15) is 5.75 Å². The van der Waals surface area contributed by atoms with Crippen LogP contribution in [0.2, 0.25) is 5.02 Å². The van der Waals surface area contributed by atoms with Gasteiger partial charge in [-0.2, -0.15) is 8.78 Å². The van der Waals surface area contributed by atoms with E-state index in [2.05, 4.69) is 20.3 Å². The molecule has 0 amide bonds. The molecule has 1 aliphatic heterocycles. The van der Waals surface area contributed by atoms with E-state index in [1.54, 1.807) is 24.4 Å². The molecule has 0 spiro atoms. The van der Waals surface area contributed by atoms with E-state index in [9.17, 15) is 8.78 Å². The van der Waals surface area contributed by atoms with Crippen LogP contribution in [0.1, 0.15) is 25.7 Å². The van der Waals surface area contributed by atoms with Crippen LogP contribution in [0.4, 0.5) is 8.78 Å². The van der Waals surface area contributed by atoms with Crippen LogP contribution in [-0.2, 0) is 0 Å². The molecule has 1 aliphatic rings. The van der Waals surface area contributed by atoms with Gasteiger partial charge in [-0.15, -0.1) is 0 Å². The maximum Gasteiger partial charge on any atom is 0.212 e. The molecule has 5 rings (SSSR count). The summed E-state index contributed by atoms with van der Waals surface area (Å²) in [5.41, 5.74) is 3.44. The number of piperidine rings is 1. The molecular formula is C26H23ClF2N4O. The molecule has 4 heterocycles.